The highest BCUT2D eigenvalue weighted by Crippen LogP contribution is 2.45. The fourth-order valence-electron chi connectivity index (χ4n) is 2.74. The minimum absolute atomic E-state index is 0.0185. The summed E-state index contributed by atoms with van der Waals surface area (Å²) in [5.74, 6) is 0.346. The van der Waals surface area contributed by atoms with Crippen LogP contribution in [0.5, 0.6) is 0 Å². The van der Waals surface area contributed by atoms with Gasteiger partial charge in [-0.3, -0.25) is 9.59 Å². The first-order valence-corrected chi connectivity index (χ1v) is 6.66. The summed E-state index contributed by atoms with van der Waals surface area (Å²) >= 11 is 0. The lowest BCUT2D eigenvalue weighted by Gasteiger charge is -2.46. The number of ether oxygens (including phenoxy) is 1. The van der Waals surface area contributed by atoms with Gasteiger partial charge in [-0.15, -0.1) is 0 Å². The molecule has 0 saturated heterocycles. The molecule has 0 aromatic rings. The van der Waals surface area contributed by atoms with E-state index in [9.17, 15) is 9.59 Å². The van der Waals surface area contributed by atoms with Crippen molar-refractivity contribution in [2.75, 3.05) is 40.4 Å². The Morgan fingerprint density at radius 1 is 1.47 bits per heavy atom. The zero-order chi connectivity index (χ0) is 14.5. The molecule has 0 bridgehead atoms. The van der Waals surface area contributed by atoms with E-state index in [1.165, 1.54) is 4.90 Å². The number of nitrogens with two attached hydrogens (primary N) is 1. The number of carbonyl (C=O) groups excluding carboxylic acids is 2. The highest BCUT2D eigenvalue weighted by Gasteiger charge is 2.48. The number of methoxy groups -OCH3 is 1. The summed E-state index contributed by atoms with van der Waals surface area (Å²) in [5, 5.41) is 2.69. The lowest BCUT2D eigenvalue weighted by atomic mass is 9.62. The second-order valence-corrected chi connectivity index (χ2v) is 5.50. The van der Waals surface area contributed by atoms with Crippen molar-refractivity contribution in [3.8, 4) is 0 Å². The molecule has 1 aliphatic rings. The van der Waals surface area contributed by atoms with Gasteiger partial charge in [0.1, 0.15) is 0 Å². The van der Waals surface area contributed by atoms with Crippen LogP contribution >= 0.6 is 0 Å². The number of nitrogens with one attached hydrogen (secondary N) is 1. The third kappa shape index (κ3) is 3.91. The highest BCUT2D eigenvalue weighted by atomic mass is 16.5. The molecular formula is C13H25N3O3. The van der Waals surface area contributed by atoms with Crippen molar-refractivity contribution < 1.29 is 14.3 Å². The lowest BCUT2D eigenvalue weighted by Crippen LogP contribution is -2.55. The van der Waals surface area contributed by atoms with E-state index in [1.807, 2.05) is 0 Å². The minimum Gasteiger partial charge on any atom is -0.383 e. The van der Waals surface area contributed by atoms with Crippen LogP contribution in [0.1, 0.15) is 19.8 Å². The van der Waals surface area contributed by atoms with Crippen LogP contribution in [0.15, 0.2) is 0 Å². The normalized spacial score (nSPS) is 25.6. The monoisotopic (exact) mass is 271 g/mol. The second kappa shape index (κ2) is 6.86. The summed E-state index contributed by atoms with van der Waals surface area (Å²) in [7, 11) is 3.23. The molecule has 1 rings (SSSR count). The molecule has 0 aliphatic heterocycles. The largest absolute Gasteiger partial charge is 0.383 e. The Kier molecular flexibility index (Phi) is 5.75. The molecule has 3 N–H and O–H groups in total. The Morgan fingerprint density at radius 3 is 2.58 bits per heavy atom. The van der Waals surface area contributed by atoms with Crippen molar-refractivity contribution in [1.29, 1.82) is 0 Å². The van der Waals surface area contributed by atoms with E-state index < -0.39 is 5.41 Å². The maximum Gasteiger partial charge on any atom is 0.239 e. The first-order chi connectivity index (χ1) is 8.95. The van der Waals surface area contributed by atoms with E-state index >= 15 is 0 Å². The van der Waals surface area contributed by atoms with Crippen LogP contribution in [-0.4, -0.2) is 57.1 Å². The Hall–Kier alpha value is -1.14. The first kappa shape index (κ1) is 15.9. The summed E-state index contributed by atoms with van der Waals surface area (Å²) < 4.78 is 4.84. The molecule has 0 aromatic carbocycles. The Labute approximate surface area is 114 Å². The van der Waals surface area contributed by atoms with Gasteiger partial charge in [0.25, 0.3) is 0 Å². The van der Waals surface area contributed by atoms with Crippen LogP contribution in [0.3, 0.4) is 0 Å². The molecule has 1 fully saturated rings. The SMILES string of the molecule is COCCNC(=O)CN(C)C(=O)C1(CN)CC(C)C1. The lowest BCUT2D eigenvalue weighted by molar-refractivity contribution is -0.150. The fourth-order valence-corrected chi connectivity index (χ4v) is 2.74. The maximum absolute atomic E-state index is 12.3. The Bertz CT molecular complexity index is 327. The van der Waals surface area contributed by atoms with Crippen molar-refractivity contribution in [2.45, 2.75) is 19.8 Å². The van der Waals surface area contributed by atoms with E-state index in [1.54, 1.807) is 14.2 Å². The van der Waals surface area contributed by atoms with Crippen molar-refractivity contribution in [3.63, 3.8) is 0 Å². The number of hydrogen-bond acceptors (Lipinski definition) is 4. The number of amides is 2. The number of carbonyl (C=O) groups is 2. The molecule has 110 valence electrons. The summed E-state index contributed by atoms with van der Waals surface area (Å²) in [6.07, 6.45) is 1.63. The Balaban J connectivity index is 2.42. The fraction of sp³-hybridized carbons (Fsp3) is 0.846. The second-order valence-electron chi connectivity index (χ2n) is 5.50. The molecule has 0 unspecified atom stereocenters. The summed E-state index contributed by atoms with van der Waals surface area (Å²) in [6, 6.07) is 0. The van der Waals surface area contributed by atoms with Gasteiger partial charge in [0.15, 0.2) is 0 Å². The smallest absolute Gasteiger partial charge is 0.239 e. The molecule has 0 heterocycles. The van der Waals surface area contributed by atoms with Gasteiger partial charge in [-0.05, 0) is 18.8 Å². The number of hydrogen-bond donors (Lipinski definition) is 2. The molecule has 2 amide bonds. The van der Waals surface area contributed by atoms with E-state index in [2.05, 4.69) is 12.2 Å². The van der Waals surface area contributed by atoms with Gasteiger partial charge >= 0.3 is 0 Å². The average molecular weight is 271 g/mol. The van der Waals surface area contributed by atoms with Gasteiger partial charge < -0.3 is 20.7 Å². The third-order valence-electron chi connectivity index (χ3n) is 3.68. The molecule has 1 aliphatic carbocycles. The minimum atomic E-state index is -0.443. The molecule has 0 atom stereocenters. The standard InChI is InChI=1S/C13H25N3O3/c1-10-6-13(7-10,9-14)12(18)16(2)8-11(17)15-4-5-19-3/h10H,4-9,14H2,1-3H3,(H,15,17). The van der Waals surface area contributed by atoms with Crippen LogP contribution in [0.2, 0.25) is 0 Å². The molecular weight excluding hydrogens is 246 g/mol. The van der Waals surface area contributed by atoms with Gasteiger partial charge in [-0.25, -0.2) is 0 Å². The Morgan fingerprint density at radius 2 is 2.11 bits per heavy atom. The number of likely N-dealkylation sites (N-methyl/N-ethyl adjacent to an activating group) is 1. The third-order valence-corrected chi connectivity index (χ3v) is 3.68. The summed E-state index contributed by atoms with van der Waals surface area (Å²) in [4.78, 5) is 25.4. The van der Waals surface area contributed by atoms with Gasteiger partial charge in [-0.2, -0.15) is 0 Å². The van der Waals surface area contributed by atoms with E-state index in [0.29, 0.717) is 25.6 Å². The molecule has 0 spiro atoms. The van der Waals surface area contributed by atoms with Gasteiger partial charge in [0.05, 0.1) is 18.6 Å². The van der Waals surface area contributed by atoms with Crippen LogP contribution in [0.4, 0.5) is 0 Å². The summed E-state index contributed by atoms with van der Waals surface area (Å²) in [6.45, 7) is 3.45. The average Bonchev–Trinajstić information content (AvgIpc) is 2.34. The van der Waals surface area contributed by atoms with Crippen LogP contribution in [0, 0.1) is 11.3 Å². The predicted molar refractivity (Wildman–Crippen MR) is 72.4 cm³/mol. The van der Waals surface area contributed by atoms with Gasteiger partial charge in [-0.1, -0.05) is 6.92 Å². The predicted octanol–water partition coefficient (Wildman–Crippen LogP) is -0.418. The van der Waals surface area contributed by atoms with Crippen LogP contribution in [0.25, 0.3) is 0 Å². The van der Waals surface area contributed by atoms with Crippen LogP contribution in [-0.2, 0) is 14.3 Å². The quantitative estimate of drug-likeness (QED) is 0.616. The van der Waals surface area contributed by atoms with Crippen molar-refractivity contribution >= 4 is 11.8 Å². The molecule has 6 heteroatoms. The molecule has 1 saturated carbocycles. The summed E-state index contributed by atoms with van der Waals surface area (Å²) in [5.41, 5.74) is 5.29. The topological polar surface area (TPSA) is 84.7 Å². The van der Waals surface area contributed by atoms with Crippen molar-refractivity contribution in [2.24, 2.45) is 17.1 Å². The van der Waals surface area contributed by atoms with Gasteiger partial charge in [0.2, 0.25) is 11.8 Å². The van der Waals surface area contributed by atoms with E-state index in [-0.39, 0.29) is 18.4 Å². The van der Waals surface area contributed by atoms with Crippen molar-refractivity contribution in [3.05, 3.63) is 0 Å². The molecule has 0 aromatic heterocycles. The highest BCUT2D eigenvalue weighted by molar-refractivity contribution is 5.88. The number of nitrogens with zero attached hydrogens (tertiary/aromatic N) is 1. The zero-order valence-corrected chi connectivity index (χ0v) is 12.1. The maximum atomic E-state index is 12.3. The van der Waals surface area contributed by atoms with Crippen molar-refractivity contribution in [1.82, 2.24) is 10.2 Å². The molecule has 19 heavy (non-hydrogen) atoms. The van der Waals surface area contributed by atoms with E-state index in [0.717, 1.165) is 12.8 Å². The van der Waals surface area contributed by atoms with Gasteiger partial charge in [0, 0.05) is 27.2 Å². The molecule has 6 nitrogen and oxygen atoms in total. The van der Waals surface area contributed by atoms with Crippen LogP contribution < -0.4 is 11.1 Å². The first-order valence-electron chi connectivity index (χ1n) is 6.66. The zero-order valence-electron chi connectivity index (χ0n) is 12.1. The van der Waals surface area contributed by atoms with E-state index in [4.69, 9.17) is 10.5 Å². The molecule has 0 radical (unpaired) electrons. The number of rotatable bonds is 7.